The molecular formula is C16H22ClN3. The van der Waals surface area contributed by atoms with Crippen LogP contribution in [0.1, 0.15) is 39.0 Å². The van der Waals surface area contributed by atoms with Crippen LogP contribution in [0.4, 0.5) is 5.82 Å². The minimum atomic E-state index is 0.267. The second-order valence-electron chi connectivity index (χ2n) is 5.35. The number of fused-ring (bicyclic) bond motifs is 1. The lowest BCUT2D eigenvalue weighted by Gasteiger charge is -2.15. The van der Waals surface area contributed by atoms with Crippen molar-refractivity contribution in [2.24, 2.45) is 5.92 Å². The van der Waals surface area contributed by atoms with Gasteiger partial charge in [0.25, 0.3) is 0 Å². The molecule has 0 amide bonds. The normalized spacial score (nSPS) is 15.6. The molecule has 1 aromatic carbocycles. The maximum absolute atomic E-state index is 5.74. The highest BCUT2D eigenvalue weighted by atomic mass is 35.5. The highest BCUT2D eigenvalue weighted by Crippen LogP contribution is 2.22. The van der Waals surface area contributed by atoms with Gasteiger partial charge in [-0.05, 0) is 29.7 Å². The second kappa shape index (κ2) is 7.44. The first-order valence-corrected chi connectivity index (χ1v) is 7.68. The van der Waals surface area contributed by atoms with Gasteiger partial charge in [-0.25, -0.2) is 9.97 Å². The van der Waals surface area contributed by atoms with E-state index >= 15 is 0 Å². The van der Waals surface area contributed by atoms with Gasteiger partial charge in [-0.2, -0.15) is 0 Å². The van der Waals surface area contributed by atoms with Crippen LogP contribution >= 0.6 is 11.6 Å². The maximum Gasteiger partial charge on any atom is 0.224 e. The van der Waals surface area contributed by atoms with E-state index in [0.717, 1.165) is 22.6 Å². The van der Waals surface area contributed by atoms with Crippen molar-refractivity contribution in [2.75, 3.05) is 12.4 Å². The molecule has 1 aliphatic carbocycles. The predicted molar refractivity (Wildman–Crippen MR) is 86.3 cm³/mol. The number of hydrogen-bond donors (Lipinski definition) is 1. The van der Waals surface area contributed by atoms with E-state index in [1.54, 1.807) is 0 Å². The number of para-hydroxylation sites is 1. The summed E-state index contributed by atoms with van der Waals surface area (Å²) < 4.78 is 0. The van der Waals surface area contributed by atoms with Crippen LogP contribution in [0, 0.1) is 5.92 Å². The van der Waals surface area contributed by atoms with Crippen LogP contribution in [-0.2, 0) is 0 Å². The molecule has 1 fully saturated rings. The van der Waals surface area contributed by atoms with E-state index in [1.165, 1.54) is 32.1 Å². The summed E-state index contributed by atoms with van der Waals surface area (Å²) in [5.41, 5.74) is 0.854. The number of benzene rings is 1. The summed E-state index contributed by atoms with van der Waals surface area (Å²) in [6.45, 7) is 2.36. The van der Waals surface area contributed by atoms with Crippen molar-refractivity contribution in [3.8, 4) is 0 Å². The number of nitrogens with one attached hydrogen (secondary N) is 1. The van der Waals surface area contributed by atoms with E-state index in [0.29, 0.717) is 0 Å². The van der Waals surface area contributed by atoms with Crippen LogP contribution in [0.15, 0.2) is 24.3 Å². The third-order valence-corrected chi connectivity index (χ3v) is 3.88. The van der Waals surface area contributed by atoms with Gasteiger partial charge >= 0.3 is 0 Å². The molecule has 0 unspecified atom stereocenters. The van der Waals surface area contributed by atoms with Crippen LogP contribution < -0.4 is 5.32 Å². The van der Waals surface area contributed by atoms with Crippen molar-refractivity contribution < 1.29 is 0 Å². The van der Waals surface area contributed by atoms with Crippen molar-refractivity contribution in [1.82, 2.24) is 9.97 Å². The summed E-state index contributed by atoms with van der Waals surface area (Å²) >= 11 is 5.74. The molecule has 1 heterocycles. The van der Waals surface area contributed by atoms with Gasteiger partial charge in [-0.3, -0.25) is 0 Å². The molecule has 20 heavy (non-hydrogen) atoms. The Kier molecular flexibility index (Phi) is 5.60. The summed E-state index contributed by atoms with van der Waals surface area (Å²) in [7, 11) is 1.81. The number of aromatic nitrogens is 2. The molecule has 0 atom stereocenters. The van der Waals surface area contributed by atoms with Gasteiger partial charge in [0.15, 0.2) is 0 Å². The Balaban J connectivity index is 0.000000178. The fourth-order valence-electron chi connectivity index (χ4n) is 2.55. The summed E-state index contributed by atoms with van der Waals surface area (Å²) in [5, 5.41) is 4.22. The molecule has 1 aliphatic rings. The number of anilines is 1. The monoisotopic (exact) mass is 291 g/mol. The molecular weight excluding hydrogens is 270 g/mol. The molecule has 0 bridgehead atoms. The highest BCUT2D eigenvalue weighted by Gasteiger charge is 2.06. The van der Waals surface area contributed by atoms with Crippen LogP contribution in [0.25, 0.3) is 10.9 Å². The van der Waals surface area contributed by atoms with Crippen molar-refractivity contribution in [1.29, 1.82) is 0 Å². The molecule has 0 aliphatic heterocycles. The summed E-state index contributed by atoms with van der Waals surface area (Å²) in [4.78, 5) is 8.16. The lowest BCUT2D eigenvalue weighted by Crippen LogP contribution is -1.99. The minimum Gasteiger partial charge on any atom is -0.372 e. The van der Waals surface area contributed by atoms with Gasteiger partial charge < -0.3 is 5.32 Å². The highest BCUT2D eigenvalue weighted by molar-refractivity contribution is 6.28. The van der Waals surface area contributed by atoms with Crippen LogP contribution in [0.3, 0.4) is 0 Å². The fourth-order valence-corrected chi connectivity index (χ4v) is 2.72. The molecule has 0 spiro atoms. The lowest BCUT2D eigenvalue weighted by molar-refractivity contribution is 0.385. The van der Waals surface area contributed by atoms with Gasteiger partial charge in [0.1, 0.15) is 5.82 Å². The zero-order valence-corrected chi connectivity index (χ0v) is 13.0. The van der Waals surface area contributed by atoms with Crippen molar-refractivity contribution in [3.05, 3.63) is 29.5 Å². The molecule has 1 N–H and O–H groups in total. The average molecular weight is 292 g/mol. The van der Waals surface area contributed by atoms with E-state index in [-0.39, 0.29) is 5.28 Å². The molecule has 3 rings (SSSR count). The Bertz CT molecular complexity index is 550. The van der Waals surface area contributed by atoms with E-state index in [2.05, 4.69) is 22.2 Å². The van der Waals surface area contributed by atoms with Crippen molar-refractivity contribution >= 4 is 28.3 Å². The molecule has 0 radical (unpaired) electrons. The molecule has 108 valence electrons. The minimum absolute atomic E-state index is 0.267. The summed E-state index contributed by atoms with van der Waals surface area (Å²) in [6.07, 6.45) is 7.44. The standard InChI is InChI=1S/C9H8ClN3.C7H14/c1-11-8-6-4-2-3-5-7(6)12-9(10)13-8;1-7-5-3-2-4-6-7/h2-5H,1H3,(H,11,12,13);7H,2-6H2,1H3. The summed E-state index contributed by atoms with van der Waals surface area (Å²) in [6, 6.07) is 7.73. The number of halogens is 1. The number of rotatable bonds is 1. The molecule has 1 aromatic heterocycles. The molecule has 3 nitrogen and oxygen atoms in total. The first-order chi connectivity index (χ1) is 9.70. The summed E-state index contributed by atoms with van der Waals surface area (Å²) in [5.74, 6) is 1.80. The van der Waals surface area contributed by atoms with Crippen LogP contribution in [-0.4, -0.2) is 17.0 Å². The van der Waals surface area contributed by atoms with E-state index in [4.69, 9.17) is 11.6 Å². The number of hydrogen-bond acceptors (Lipinski definition) is 3. The smallest absolute Gasteiger partial charge is 0.224 e. The zero-order valence-electron chi connectivity index (χ0n) is 12.2. The first kappa shape index (κ1) is 15.0. The average Bonchev–Trinajstić information content (AvgIpc) is 2.47. The van der Waals surface area contributed by atoms with Gasteiger partial charge in [-0.15, -0.1) is 0 Å². The topological polar surface area (TPSA) is 37.8 Å². The Hall–Kier alpha value is -1.35. The van der Waals surface area contributed by atoms with Gasteiger partial charge in [0, 0.05) is 12.4 Å². The Morgan fingerprint density at radius 3 is 2.40 bits per heavy atom. The van der Waals surface area contributed by atoms with Crippen LogP contribution in [0.5, 0.6) is 0 Å². The fraction of sp³-hybridized carbons (Fsp3) is 0.500. The lowest BCUT2D eigenvalue weighted by atomic mass is 9.91. The van der Waals surface area contributed by atoms with Gasteiger partial charge in [0.2, 0.25) is 5.28 Å². The SMILES string of the molecule is CC1CCCCC1.CNc1nc(Cl)nc2ccccc12. The molecule has 1 saturated carbocycles. The van der Waals surface area contributed by atoms with E-state index < -0.39 is 0 Å². The second-order valence-corrected chi connectivity index (χ2v) is 5.69. The maximum atomic E-state index is 5.74. The number of nitrogens with zero attached hydrogens (tertiary/aromatic N) is 2. The Morgan fingerprint density at radius 1 is 1.10 bits per heavy atom. The third kappa shape index (κ3) is 4.07. The Morgan fingerprint density at radius 2 is 1.80 bits per heavy atom. The largest absolute Gasteiger partial charge is 0.372 e. The van der Waals surface area contributed by atoms with E-state index in [1.807, 2.05) is 31.3 Å². The van der Waals surface area contributed by atoms with Crippen LogP contribution in [0.2, 0.25) is 5.28 Å². The molecule has 2 aromatic rings. The molecule has 4 heteroatoms. The third-order valence-electron chi connectivity index (χ3n) is 3.71. The zero-order chi connectivity index (χ0) is 14.4. The Labute approximate surface area is 125 Å². The quantitative estimate of drug-likeness (QED) is 0.759. The van der Waals surface area contributed by atoms with Gasteiger partial charge in [-0.1, -0.05) is 51.2 Å². The van der Waals surface area contributed by atoms with E-state index in [9.17, 15) is 0 Å². The van der Waals surface area contributed by atoms with Gasteiger partial charge in [0.05, 0.1) is 5.52 Å². The predicted octanol–water partition coefficient (Wildman–Crippen LogP) is 4.91. The van der Waals surface area contributed by atoms with Crippen molar-refractivity contribution in [3.63, 3.8) is 0 Å². The molecule has 0 saturated heterocycles. The van der Waals surface area contributed by atoms with Crippen molar-refractivity contribution in [2.45, 2.75) is 39.0 Å². The first-order valence-electron chi connectivity index (χ1n) is 7.30.